The topological polar surface area (TPSA) is 162 Å². The second-order valence-corrected chi connectivity index (χ2v) is 10.8. The molecule has 1 aliphatic heterocycles. The van der Waals surface area contributed by atoms with Gasteiger partial charge in [-0.3, -0.25) is 9.69 Å². The second kappa shape index (κ2) is 14.7. The molecule has 0 saturated heterocycles. The van der Waals surface area contributed by atoms with Crippen molar-refractivity contribution >= 4 is 23.6 Å². The summed E-state index contributed by atoms with van der Waals surface area (Å²) in [5.74, 6) is -0.214. The molecule has 4 aromatic carbocycles. The lowest BCUT2D eigenvalue weighted by Crippen LogP contribution is -2.36. The minimum absolute atomic E-state index is 0.0324. The Morgan fingerprint density at radius 2 is 1.37 bits per heavy atom. The Morgan fingerprint density at radius 3 is 1.90 bits per heavy atom. The number of carbonyl (C=O) groups is 1. The van der Waals surface area contributed by atoms with Gasteiger partial charge in [-0.1, -0.05) is 36.4 Å². The van der Waals surface area contributed by atoms with E-state index in [2.05, 4.69) is 12.1 Å². The summed E-state index contributed by atoms with van der Waals surface area (Å²) in [6.45, 7) is 0. The third kappa shape index (κ3) is 6.94. The fourth-order valence-corrected chi connectivity index (χ4v) is 5.49. The summed E-state index contributed by atoms with van der Waals surface area (Å²) in [5, 5.41) is 40.3. The zero-order valence-electron chi connectivity index (χ0n) is 26.9. The Kier molecular flexibility index (Phi) is 10.0. The average Bonchev–Trinajstić information content (AvgIpc) is 3.13. The lowest BCUT2D eigenvalue weighted by Gasteiger charge is -2.36. The Hall–Kier alpha value is -6.91. The molecule has 5 rings (SSSR count). The van der Waals surface area contributed by atoms with Gasteiger partial charge in [-0.05, 0) is 89.5 Å². The predicted molar refractivity (Wildman–Crippen MR) is 186 cm³/mol. The first-order valence-electron chi connectivity index (χ1n) is 15.0. The summed E-state index contributed by atoms with van der Waals surface area (Å²) >= 11 is 0. The number of phenols is 2. The van der Waals surface area contributed by atoms with E-state index in [-0.39, 0.29) is 40.0 Å². The molecule has 0 radical (unpaired) electrons. The van der Waals surface area contributed by atoms with Crippen LogP contribution >= 0.6 is 0 Å². The normalized spacial score (nSPS) is 14.6. The summed E-state index contributed by atoms with van der Waals surface area (Å²) in [4.78, 5) is 16.2. The van der Waals surface area contributed by atoms with E-state index in [9.17, 15) is 25.5 Å². The lowest BCUT2D eigenvalue weighted by molar-refractivity contribution is -0.111. The highest BCUT2D eigenvalue weighted by molar-refractivity contribution is 6.10. The van der Waals surface area contributed by atoms with Crippen LogP contribution in [0, 0.1) is 22.7 Å². The number of benzene rings is 4. The molecule has 1 heterocycles. The number of rotatable bonds is 10. The van der Waals surface area contributed by atoms with Gasteiger partial charge in [0.1, 0.15) is 11.6 Å². The summed E-state index contributed by atoms with van der Waals surface area (Å²) in [7, 11) is 4.42. The van der Waals surface area contributed by atoms with E-state index < -0.39 is 11.7 Å². The molecule has 0 bridgehead atoms. The number of methoxy groups -OCH3 is 3. The Morgan fingerprint density at radius 1 is 0.776 bits per heavy atom. The molecule has 1 aliphatic rings. The van der Waals surface area contributed by atoms with E-state index in [4.69, 9.17) is 19.9 Å². The van der Waals surface area contributed by atoms with Crippen molar-refractivity contribution in [2.24, 2.45) is 5.73 Å². The molecular formula is C39H32N4O6. The highest BCUT2D eigenvalue weighted by Gasteiger charge is 2.38. The SMILES string of the molecule is COc1ccc(N2C(N)=C(C#N)C(c3ccc(C#N)cc3)C(C(=O)C=Cc3ccc(O)c(OC)c3)=C2C=Cc2ccc(O)c(OC)c2)cc1. The van der Waals surface area contributed by atoms with E-state index in [1.54, 1.807) is 103 Å². The number of ether oxygens (including phenoxy) is 3. The highest BCUT2D eigenvalue weighted by atomic mass is 16.5. The predicted octanol–water partition coefficient (Wildman–Crippen LogP) is 6.54. The van der Waals surface area contributed by atoms with E-state index >= 15 is 0 Å². The van der Waals surface area contributed by atoms with Gasteiger partial charge < -0.3 is 30.2 Å². The molecule has 49 heavy (non-hydrogen) atoms. The van der Waals surface area contributed by atoms with Gasteiger partial charge in [0.05, 0.1) is 56.2 Å². The number of aromatic hydroxyl groups is 2. The van der Waals surface area contributed by atoms with Crippen LogP contribution in [0.2, 0.25) is 0 Å². The third-order valence-corrected chi connectivity index (χ3v) is 7.97. The fourth-order valence-electron chi connectivity index (χ4n) is 5.49. The van der Waals surface area contributed by atoms with Gasteiger partial charge in [-0.15, -0.1) is 0 Å². The van der Waals surface area contributed by atoms with Crippen LogP contribution in [-0.4, -0.2) is 37.3 Å². The number of ketones is 1. The van der Waals surface area contributed by atoms with Crippen molar-refractivity contribution in [2.75, 3.05) is 26.2 Å². The maximum atomic E-state index is 14.5. The smallest absolute Gasteiger partial charge is 0.184 e. The van der Waals surface area contributed by atoms with Crippen LogP contribution in [0.5, 0.6) is 28.7 Å². The molecule has 0 spiro atoms. The van der Waals surface area contributed by atoms with Crippen LogP contribution in [0.1, 0.15) is 28.2 Å². The van der Waals surface area contributed by atoms with E-state index in [0.717, 1.165) is 0 Å². The molecular weight excluding hydrogens is 620 g/mol. The zero-order chi connectivity index (χ0) is 35.1. The Labute approximate surface area is 283 Å². The van der Waals surface area contributed by atoms with Gasteiger partial charge >= 0.3 is 0 Å². The molecule has 10 heteroatoms. The number of nitrogens with zero attached hydrogens (tertiary/aromatic N) is 3. The average molecular weight is 653 g/mol. The number of allylic oxidation sites excluding steroid dienone is 4. The summed E-state index contributed by atoms with van der Waals surface area (Å²) in [6, 6.07) is 27.5. The van der Waals surface area contributed by atoms with E-state index in [1.807, 2.05) is 0 Å². The first-order valence-corrected chi connectivity index (χ1v) is 15.0. The molecule has 0 aliphatic carbocycles. The van der Waals surface area contributed by atoms with Gasteiger partial charge in [-0.2, -0.15) is 10.5 Å². The second-order valence-electron chi connectivity index (χ2n) is 10.8. The molecule has 0 fully saturated rings. The Bertz CT molecular complexity index is 2100. The minimum Gasteiger partial charge on any atom is -0.504 e. The van der Waals surface area contributed by atoms with Crippen molar-refractivity contribution in [1.29, 1.82) is 10.5 Å². The maximum Gasteiger partial charge on any atom is 0.184 e. The Balaban J connectivity index is 1.78. The first-order chi connectivity index (χ1) is 23.7. The van der Waals surface area contributed by atoms with E-state index in [0.29, 0.717) is 39.4 Å². The molecule has 10 nitrogen and oxygen atoms in total. The summed E-state index contributed by atoms with van der Waals surface area (Å²) < 4.78 is 15.9. The number of anilines is 1. The molecule has 0 amide bonds. The number of nitriles is 2. The van der Waals surface area contributed by atoms with Crippen LogP contribution in [0.4, 0.5) is 5.69 Å². The van der Waals surface area contributed by atoms with Crippen molar-refractivity contribution in [2.45, 2.75) is 5.92 Å². The van der Waals surface area contributed by atoms with Crippen LogP contribution < -0.4 is 24.8 Å². The van der Waals surface area contributed by atoms with Gasteiger partial charge in [0, 0.05) is 11.3 Å². The number of carbonyl (C=O) groups excluding carboxylic acids is 1. The number of nitrogens with two attached hydrogens (primary N) is 1. The molecule has 4 N–H and O–H groups in total. The fraction of sp³-hybridized carbons (Fsp3) is 0.103. The van der Waals surface area contributed by atoms with Gasteiger partial charge in [-0.25, -0.2) is 0 Å². The summed E-state index contributed by atoms with van der Waals surface area (Å²) in [6.07, 6.45) is 6.44. The summed E-state index contributed by atoms with van der Waals surface area (Å²) in [5.41, 5.74) is 10.4. The number of hydrogen-bond donors (Lipinski definition) is 3. The first kappa shape index (κ1) is 33.5. The van der Waals surface area contributed by atoms with Crippen LogP contribution in [0.25, 0.3) is 12.2 Å². The lowest BCUT2D eigenvalue weighted by atomic mass is 9.78. The molecule has 1 unspecified atom stereocenters. The molecule has 4 aromatic rings. The highest BCUT2D eigenvalue weighted by Crippen LogP contribution is 2.44. The van der Waals surface area contributed by atoms with Gasteiger partial charge in [0.2, 0.25) is 0 Å². The maximum absolute atomic E-state index is 14.5. The molecule has 0 saturated carbocycles. The molecule has 0 aromatic heterocycles. The van der Waals surface area contributed by atoms with Crippen LogP contribution in [0.15, 0.2) is 120 Å². The zero-order valence-corrected chi connectivity index (χ0v) is 26.9. The van der Waals surface area contributed by atoms with Gasteiger partial charge in [0.25, 0.3) is 0 Å². The third-order valence-electron chi connectivity index (χ3n) is 7.97. The van der Waals surface area contributed by atoms with Crippen LogP contribution in [-0.2, 0) is 4.79 Å². The monoisotopic (exact) mass is 652 g/mol. The van der Waals surface area contributed by atoms with Gasteiger partial charge in [0.15, 0.2) is 28.8 Å². The molecule has 244 valence electrons. The van der Waals surface area contributed by atoms with Crippen LogP contribution in [0.3, 0.4) is 0 Å². The number of hydrogen-bond acceptors (Lipinski definition) is 10. The van der Waals surface area contributed by atoms with Crippen molar-refractivity contribution in [3.63, 3.8) is 0 Å². The standard InChI is InChI=1S/C39H32N4O6/c1-47-29-14-12-28(13-15-29)43-31(16-6-24-7-17-32(44)35(20-24)48-2)38(34(46)19-9-25-8-18-33(45)36(21-25)49-3)37(30(23-41)39(43)42)27-10-4-26(22-40)5-11-27/h4-21,37,44-45H,42H2,1-3H3. The number of phenolic OH excluding ortho intramolecular Hbond substituents is 2. The van der Waals surface area contributed by atoms with Crippen molar-refractivity contribution in [1.82, 2.24) is 0 Å². The van der Waals surface area contributed by atoms with Crippen molar-refractivity contribution in [3.05, 3.63) is 142 Å². The quantitative estimate of drug-likeness (QED) is 0.160. The molecule has 1 atom stereocenters. The van der Waals surface area contributed by atoms with Crippen molar-refractivity contribution in [3.8, 4) is 40.9 Å². The largest absolute Gasteiger partial charge is 0.504 e. The van der Waals surface area contributed by atoms with E-state index in [1.165, 1.54) is 32.4 Å². The minimum atomic E-state index is -0.909. The van der Waals surface area contributed by atoms with Crippen molar-refractivity contribution < 1.29 is 29.2 Å².